The van der Waals surface area contributed by atoms with Gasteiger partial charge in [0, 0.05) is 35.8 Å². The van der Waals surface area contributed by atoms with E-state index in [1.807, 2.05) is 251 Å². The summed E-state index contributed by atoms with van der Waals surface area (Å²) in [4.78, 5) is 14.8. The SMILES string of the molecule is C.C.C.CC.CC.CC.CC.CC.CC.CC.CC.CC.CC.CC.CC.CC.CC.CC.[C-]1=[N+](c2[c-]ccnc2)Cc2c1ccc1c2Cc2ccccc2C1.[CH-]=NN1[CH-]Cc2c1ccc1c2Cc2ccccc2C1.[N-]=C[N+]1=[C-]c2ccc3c(c2C1)Cc1ccccc1C3.[U+2].[U+2].[U+2].[U+2].[c-]1cnccc1N1[CH-]Cc2c1ccc1c2Cc2ccccc2C1.c1ccc2c(c1)Cc1ccc3c(c1C2)C[n+]1cc2cnccc2n1-3. The molecule has 5 aliphatic heterocycles. The Balaban J connectivity index is -0.00000161. The second kappa shape index (κ2) is 77.9. The molecule has 0 bridgehead atoms. The van der Waals surface area contributed by atoms with E-state index >= 15 is 0 Å². The van der Waals surface area contributed by atoms with Crippen LogP contribution in [0.4, 0.5) is 22.7 Å². The quantitative estimate of drug-likeness (QED) is 0.0757. The molecule has 10 aliphatic rings. The average molecular weight is 2850 g/mol. The Hall–Kier alpha value is -8.39. The maximum Gasteiger partial charge on any atom is 2.00 e. The molecule has 11 nitrogen and oxygen atoms in total. The van der Waals surface area contributed by atoms with Gasteiger partial charge >= 0.3 is 124 Å². The van der Waals surface area contributed by atoms with E-state index in [1.165, 1.54) is 167 Å². The first-order valence-corrected chi connectivity index (χ1v) is 52.6. The van der Waals surface area contributed by atoms with Crippen LogP contribution in [0.3, 0.4) is 0 Å². The zero-order valence-corrected chi connectivity index (χ0v) is 109. The molecule has 0 amide bonds. The van der Waals surface area contributed by atoms with Gasteiger partial charge in [0.1, 0.15) is 17.7 Å². The third-order valence-electron chi connectivity index (χ3n) is 23.7. The second-order valence-corrected chi connectivity index (χ2v) is 29.5. The fourth-order valence-corrected chi connectivity index (χ4v) is 18.3. The summed E-state index contributed by atoms with van der Waals surface area (Å²) in [5.74, 6) is 0. The van der Waals surface area contributed by atoms with Gasteiger partial charge in [0.15, 0.2) is 12.8 Å². The molecular weight excluding hydrogens is 2670 g/mol. The van der Waals surface area contributed by atoms with Gasteiger partial charge in [-0.15, -0.1) is 52.0 Å². The number of hydrogen-bond acceptors (Lipinski definition) is 6. The minimum Gasteiger partial charge on any atom is -0.523 e. The van der Waals surface area contributed by atoms with Crippen molar-refractivity contribution in [1.29, 1.82) is 0 Å². The number of hydrazone groups is 1. The summed E-state index contributed by atoms with van der Waals surface area (Å²) < 4.78 is 8.49. The molecule has 0 N–H and O–H groups in total. The standard InChI is InChI=1S/C21H16N3.C21H15N2.C21H16N2.C17H14N2.C17H13N2.15C2H6.3CH4.4U/c1-2-4-15-10-18-16(9-14(15)3-1)5-6-21-19(18)13-23-12-17-11-22-8-7-20(17)24(21)23;1-2-5-16-11-20-17(10-15(16)4-1)7-8-18-13-23(14-21(18)20)19-6-3-9-22-12-19;1-2-4-16-14-20-17(13-15(16)3-1)5-6-21-19(20)9-12-23(21)18-7-10-22-11-8-18;1-18-19-9-8-15-16-11-13-5-3-2-4-12(13)10-14(16)6-7-17(15)19;18-11-19-9-15-6-5-14-7-12-3-1-2-4-13(12)8-16(14)17(15)10-19;15*1-2;;;;;;;/h1-8,11-12H,9-10,13H2;1-5,7-9,12H,10-11,14H2;1-7,10-12H,9,13-14H2;1-7,9H,8,10-11H2;1-6,11H,7-8,10H2;15*1-2H3;3*1H4;;;;/q+1;-1;2*-2;-1;;;;;;;;;;;;;;;;;;;4*+2. The van der Waals surface area contributed by atoms with Crippen LogP contribution in [-0.4, -0.2) is 54.3 Å². The number of pyridine rings is 3. The molecule has 0 saturated carbocycles. The number of benzene rings is 10. The van der Waals surface area contributed by atoms with Crippen molar-refractivity contribution in [2.45, 2.75) is 327 Å². The van der Waals surface area contributed by atoms with Crippen LogP contribution in [0, 0.1) is 150 Å². The first-order chi connectivity index (χ1) is 68.4. The molecule has 0 radical (unpaired) electrons. The zero-order chi connectivity index (χ0) is 102. The minimum atomic E-state index is 0. The molecule has 4 aromatic heterocycles. The van der Waals surface area contributed by atoms with Crippen LogP contribution in [0.5, 0.6) is 0 Å². The molecule has 145 heavy (non-hydrogen) atoms. The van der Waals surface area contributed by atoms with E-state index in [1.54, 1.807) is 22.0 Å². The van der Waals surface area contributed by atoms with Gasteiger partial charge in [-0.1, -0.05) is 439 Å². The van der Waals surface area contributed by atoms with Gasteiger partial charge in [-0.25, -0.2) is 19.2 Å². The number of nitrogens with zero attached hydrogens (tertiary/aromatic N) is 11. The maximum atomic E-state index is 9.14. The van der Waals surface area contributed by atoms with Gasteiger partial charge < -0.3 is 36.3 Å². The van der Waals surface area contributed by atoms with Crippen molar-refractivity contribution in [3.63, 3.8) is 0 Å². The molecule has 15 heteroatoms. The molecule has 764 valence electrons. The van der Waals surface area contributed by atoms with Crippen LogP contribution in [0.15, 0.2) is 249 Å². The number of rotatable bonds is 4. The van der Waals surface area contributed by atoms with Crippen molar-refractivity contribution < 1.29 is 138 Å². The van der Waals surface area contributed by atoms with Gasteiger partial charge in [-0.3, -0.25) is 9.56 Å². The number of hydrogen-bond donors (Lipinski definition) is 0. The molecule has 0 atom stereocenters. The topological polar surface area (TPSA) is 94.6 Å². The Morgan fingerprint density at radius 3 is 1.06 bits per heavy atom. The zero-order valence-electron chi connectivity index (χ0n) is 91.9. The predicted molar refractivity (Wildman–Crippen MR) is 617 cm³/mol. The van der Waals surface area contributed by atoms with Gasteiger partial charge in [-0.05, 0) is 195 Å². The molecule has 5 aliphatic carbocycles. The summed E-state index contributed by atoms with van der Waals surface area (Å²) in [5, 5.41) is 15.9. The second-order valence-electron chi connectivity index (χ2n) is 29.5. The fraction of sp³-hybridized carbons (Fsp3) is 0.369. The van der Waals surface area contributed by atoms with Crippen molar-refractivity contribution in [2.75, 3.05) is 9.91 Å². The van der Waals surface area contributed by atoms with Gasteiger partial charge in [0.2, 0.25) is 6.20 Å². The largest absolute Gasteiger partial charge is 2.00 e. The third kappa shape index (κ3) is 34.6. The minimum absolute atomic E-state index is 0. The number of fused-ring (bicyclic) bond motifs is 24. The predicted octanol–water partition coefficient (Wildman–Crippen LogP) is 34.0. The van der Waals surface area contributed by atoms with Crippen molar-refractivity contribution >= 4 is 59.1 Å². The Bertz CT molecular complexity index is 6090. The Morgan fingerprint density at radius 1 is 0.331 bits per heavy atom. The normalized spacial score (nSPS) is 11.7. The third-order valence-corrected chi connectivity index (χ3v) is 23.7. The van der Waals surface area contributed by atoms with Gasteiger partial charge in [0.05, 0.1) is 10.9 Å². The van der Waals surface area contributed by atoms with E-state index in [-0.39, 0.29) is 147 Å². The van der Waals surface area contributed by atoms with Crippen LogP contribution < -0.4 is 14.6 Å². The monoisotopic (exact) mass is 2840 g/mol. The van der Waals surface area contributed by atoms with E-state index < -0.39 is 0 Å². The summed E-state index contributed by atoms with van der Waals surface area (Å²) in [6, 6.07) is 78.7. The Kier molecular flexibility index (Phi) is 75.6. The first-order valence-electron chi connectivity index (χ1n) is 52.6. The van der Waals surface area contributed by atoms with Crippen LogP contribution in [0.1, 0.15) is 380 Å². The maximum absolute atomic E-state index is 9.14. The van der Waals surface area contributed by atoms with Crippen molar-refractivity contribution in [1.82, 2.24) is 19.6 Å². The van der Waals surface area contributed by atoms with E-state index in [4.69, 9.17) is 12.1 Å². The smallest absolute Gasteiger partial charge is 0.523 e. The first kappa shape index (κ1) is 141. The summed E-state index contributed by atoms with van der Waals surface area (Å²) >= 11 is 0. The van der Waals surface area contributed by atoms with E-state index in [0.29, 0.717) is 0 Å². The summed E-state index contributed by atoms with van der Waals surface area (Å²) in [6.07, 6.45) is 33.3. The molecule has 0 saturated heterocycles. The van der Waals surface area contributed by atoms with Crippen molar-refractivity contribution in [3.05, 3.63) is 424 Å². The molecule has 0 spiro atoms. The van der Waals surface area contributed by atoms with Crippen LogP contribution in [-0.2, 0) is 96.7 Å². The van der Waals surface area contributed by atoms with Crippen molar-refractivity contribution in [2.24, 2.45) is 5.10 Å². The Labute approximate surface area is 978 Å². The Morgan fingerprint density at radius 2 is 0.676 bits per heavy atom. The van der Waals surface area contributed by atoms with E-state index in [0.717, 1.165) is 126 Å². The number of aromatic nitrogens is 5. The molecule has 0 fully saturated rings. The summed E-state index contributed by atoms with van der Waals surface area (Å²) in [7, 11) is 0. The summed E-state index contributed by atoms with van der Waals surface area (Å²) in [5.41, 5.74) is 45.8. The van der Waals surface area contributed by atoms with E-state index in [2.05, 4.69) is 264 Å². The van der Waals surface area contributed by atoms with E-state index in [9.17, 15) is 0 Å². The van der Waals surface area contributed by atoms with Crippen LogP contribution >= 0.6 is 0 Å². The molecule has 9 heterocycles. The average Bonchev–Trinajstić information content (AvgIpc) is 1.49. The molecule has 24 rings (SSSR count). The fourth-order valence-electron chi connectivity index (χ4n) is 18.3. The van der Waals surface area contributed by atoms with Crippen molar-refractivity contribution in [3.8, 4) is 5.69 Å². The van der Waals surface area contributed by atoms with Crippen LogP contribution in [0.2, 0.25) is 0 Å². The molecular formula is C130H176N11U4+3. The van der Waals surface area contributed by atoms with Crippen LogP contribution in [0.25, 0.3) is 22.0 Å². The summed E-state index contributed by atoms with van der Waals surface area (Å²) in [6.45, 7) is 72.3. The van der Waals surface area contributed by atoms with Gasteiger partial charge in [0.25, 0.3) is 0 Å². The number of anilines is 3. The van der Waals surface area contributed by atoms with Gasteiger partial charge in [-0.2, -0.15) is 29.3 Å². The molecule has 10 aromatic carbocycles. The molecule has 14 aromatic rings. The molecule has 0 unspecified atom stereocenters.